The predicted octanol–water partition coefficient (Wildman–Crippen LogP) is 2.55. The highest BCUT2D eigenvalue weighted by Gasteiger charge is 2.14. The summed E-state index contributed by atoms with van der Waals surface area (Å²) in [6.07, 6.45) is 0. The summed E-state index contributed by atoms with van der Waals surface area (Å²) in [5, 5.41) is 13.7. The Morgan fingerprint density at radius 1 is 1.11 bits per heavy atom. The van der Waals surface area contributed by atoms with Crippen LogP contribution in [0, 0.1) is 17.1 Å². The van der Waals surface area contributed by atoms with Crippen LogP contribution in [0.4, 0.5) is 9.18 Å². The summed E-state index contributed by atoms with van der Waals surface area (Å²) in [7, 11) is 0. The highest BCUT2D eigenvalue weighted by Crippen LogP contribution is 2.12. The number of hydrogen-bond donors (Lipinski definition) is 2. The van der Waals surface area contributed by atoms with E-state index in [0.29, 0.717) is 25.2 Å². The first-order valence-corrected chi connectivity index (χ1v) is 8.53. The Balaban J connectivity index is 2.10. The maximum Gasteiger partial charge on any atom is 0.321 e. The molecule has 0 atom stereocenters. The third kappa shape index (κ3) is 6.88. The Labute approximate surface area is 157 Å². The topological polar surface area (TPSA) is 85.2 Å². The van der Waals surface area contributed by atoms with Crippen molar-refractivity contribution in [2.45, 2.75) is 20.0 Å². The largest absolute Gasteiger partial charge is 0.338 e. The molecule has 2 rings (SSSR count). The average Bonchev–Trinajstić information content (AvgIpc) is 2.62. The van der Waals surface area contributed by atoms with Gasteiger partial charge in [0, 0.05) is 19.6 Å². The molecule has 0 saturated carbocycles. The van der Waals surface area contributed by atoms with E-state index in [0.717, 1.165) is 11.1 Å². The number of carbonyl (C=O) groups excluding carboxylic acids is 2. The smallest absolute Gasteiger partial charge is 0.321 e. The molecular weight excluding hydrogens is 347 g/mol. The summed E-state index contributed by atoms with van der Waals surface area (Å²) < 4.78 is 13.5. The number of hydrogen-bond acceptors (Lipinski definition) is 4. The molecule has 140 valence electrons. The molecule has 27 heavy (non-hydrogen) atoms. The molecule has 0 unspecified atom stereocenters. The number of rotatable bonds is 7. The number of imide groups is 1. The molecule has 0 aliphatic carbocycles. The molecule has 2 aromatic rings. The fourth-order valence-electron chi connectivity index (χ4n) is 2.58. The van der Waals surface area contributed by atoms with Gasteiger partial charge in [0.15, 0.2) is 0 Å². The van der Waals surface area contributed by atoms with Crippen LogP contribution >= 0.6 is 0 Å². The van der Waals surface area contributed by atoms with Crippen molar-refractivity contribution in [2.75, 3.05) is 13.1 Å². The Bertz CT molecular complexity index is 831. The van der Waals surface area contributed by atoms with Crippen molar-refractivity contribution < 1.29 is 14.0 Å². The lowest BCUT2D eigenvalue weighted by atomic mass is 10.1. The Morgan fingerprint density at radius 3 is 2.44 bits per heavy atom. The number of nitrogens with one attached hydrogen (secondary N) is 2. The van der Waals surface area contributed by atoms with Gasteiger partial charge < -0.3 is 5.32 Å². The second-order valence-electron chi connectivity index (χ2n) is 5.99. The van der Waals surface area contributed by atoms with Crippen LogP contribution < -0.4 is 10.6 Å². The van der Waals surface area contributed by atoms with Crippen molar-refractivity contribution in [3.63, 3.8) is 0 Å². The van der Waals surface area contributed by atoms with Gasteiger partial charge in [-0.3, -0.25) is 15.0 Å². The molecule has 0 spiro atoms. The van der Waals surface area contributed by atoms with Gasteiger partial charge in [0.1, 0.15) is 5.82 Å². The first kappa shape index (κ1) is 20.1. The van der Waals surface area contributed by atoms with Gasteiger partial charge in [0.2, 0.25) is 5.91 Å². The summed E-state index contributed by atoms with van der Waals surface area (Å²) in [6, 6.07) is 14.7. The van der Waals surface area contributed by atoms with Gasteiger partial charge in [-0.15, -0.1) is 0 Å². The fourth-order valence-corrected chi connectivity index (χ4v) is 2.58. The van der Waals surface area contributed by atoms with Gasteiger partial charge in [-0.25, -0.2) is 9.18 Å². The van der Waals surface area contributed by atoms with E-state index < -0.39 is 11.9 Å². The van der Waals surface area contributed by atoms with Crippen LogP contribution in [-0.2, 0) is 17.9 Å². The number of carbonyl (C=O) groups is 2. The van der Waals surface area contributed by atoms with Crippen molar-refractivity contribution in [1.82, 2.24) is 15.5 Å². The molecule has 0 heterocycles. The minimum Gasteiger partial charge on any atom is -0.338 e. The van der Waals surface area contributed by atoms with Crippen molar-refractivity contribution >= 4 is 11.9 Å². The van der Waals surface area contributed by atoms with Crippen molar-refractivity contribution in [1.29, 1.82) is 5.26 Å². The molecule has 0 aromatic heterocycles. The molecule has 0 aliphatic rings. The van der Waals surface area contributed by atoms with Crippen LogP contribution in [0.2, 0.25) is 0 Å². The van der Waals surface area contributed by atoms with Crippen LogP contribution in [0.3, 0.4) is 0 Å². The maximum absolute atomic E-state index is 13.5. The lowest BCUT2D eigenvalue weighted by Gasteiger charge is -2.22. The van der Waals surface area contributed by atoms with E-state index >= 15 is 0 Å². The van der Waals surface area contributed by atoms with Gasteiger partial charge in [-0.05, 0) is 42.3 Å². The second kappa shape index (κ2) is 10.0. The molecule has 2 N–H and O–H groups in total. The molecule has 3 amide bonds. The van der Waals surface area contributed by atoms with Crippen LogP contribution in [0.1, 0.15) is 23.6 Å². The predicted molar refractivity (Wildman–Crippen MR) is 98.9 cm³/mol. The Hall–Kier alpha value is -3.24. The summed E-state index contributed by atoms with van der Waals surface area (Å²) in [6.45, 7) is 2.88. The van der Waals surface area contributed by atoms with Gasteiger partial charge in [0.05, 0.1) is 18.2 Å². The normalized spacial score (nSPS) is 10.3. The highest BCUT2D eigenvalue weighted by atomic mass is 19.1. The standard InChI is InChI=1S/C20H21FN4O2/c1-2-23-20(27)24-19(26)14-25(13-17-4-3-5-18(21)10-17)12-16-8-6-15(11-22)7-9-16/h3-10H,2,12-14H2,1H3,(H2,23,24,26,27). The Kier molecular flexibility index (Phi) is 7.47. The van der Waals surface area contributed by atoms with Crippen LogP contribution in [0.5, 0.6) is 0 Å². The van der Waals surface area contributed by atoms with E-state index in [1.54, 1.807) is 48.2 Å². The molecule has 0 bridgehead atoms. The van der Waals surface area contributed by atoms with E-state index in [1.807, 2.05) is 0 Å². The van der Waals surface area contributed by atoms with Crippen molar-refractivity contribution in [2.24, 2.45) is 0 Å². The number of nitriles is 1. The molecule has 6 nitrogen and oxygen atoms in total. The zero-order valence-corrected chi connectivity index (χ0v) is 15.0. The average molecular weight is 368 g/mol. The highest BCUT2D eigenvalue weighted by molar-refractivity contribution is 5.95. The van der Waals surface area contributed by atoms with E-state index in [2.05, 4.69) is 16.7 Å². The van der Waals surface area contributed by atoms with Gasteiger partial charge >= 0.3 is 6.03 Å². The minimum absolute atomic E-state index is 0.0341. The third-order valence-corrected chi connectivity index (χ3v) is 3.74. The summed E-state index contributed by atoms with van der Waals surface area (Å²) in [5.41, 5.74) is 2.16. The second-order valence-corrected chi connectivity index (χ2v) is 5.99. The van der Waals surface area contributed by atoms with Crippen LogP contribution in [-0.4, -0.2) is 29.9 Å². The summed E-state index contributed by atoms with van der Waals surface area (Å²) in [5.74, 6) is -0.802. The van der Waals surface area contributed by atoms with E-state index in [1.165, 1.54) is 12.1 Å². The van der Waals surface area contributed by atoms with E-state index in [4.69, 9.17) is 5.26 Å². The summed E-state index contributed by atoms with van der Waals surface area (Å²) >= 11 is 0. The van der Waals surface area contributed by atoms with Crippen LogP contribution in [0.15, 0.2) is 48.5 Å². The van der Waals surface area contributed by atoms with Gasteiger partial charge in [0.25, 0.3) is 0 Å². The number of nitrogens with zero attached hydrogens (tertiary/aromatic N) is 2. The quantitative estimate of drug-likeness (QED) is 0.786. The SMILES string of the molecule is CCNC(=O)NC(=O)CN(Cc1ccc(C#N)cc1)Cc1cccc(F)c1. The zero-order chi connectivity index (χ0) is 19.6. The van der Waals surface area contributed by atoms with Crippen LogP contribution in [0.25, 0.3) is 0 Å². The number of halogens is 1. The third-order valence-electron chi connectivity index (χ3n) is 3.74. The summed E-state index contributed by atoms with van der Waals surface area (Å²) in [4.78, 5) is 25.5. The molecule has 0 radical (unpaired) electrons. The van der Waals surface area contributed by atoms with Gasteiger partial charge in [-0.1, -0.05) is 24.3 Å². The van der Waals surface area contributed by atoms with Crippen molar-refractivity contribution in [3.8, 4) is 6.07 Å². The maximum atomic E-state index is 13.5. The first-order chi connectivity index (χ1) is 13.0. The van der Waals surface area contributed by atoms with E-state index in [-0.39, 0.29) is 12.4 Å². The molecule has 7 heteroatoms. The lowest BCUT2D eigenvalue weighted by molar-refractivity contribution is -0.121. The monoisotopic (exact) mass is 368 g/mol. The van der Waals surface area contributed by atoms with Gasteiger partial charge in [-0.2, -0.15) is 5.26 Å². The number of urea groups is 1. The molecular formula is C20H21FN4O2. The fraction of sp³-hybridized carbons (Fsp3) is 0.250. The molecule has 0 saturated heterocycles. The molecule has 2 aromatic carbocycles. The first-order valence-electron chi connectivity index (χ1n) is 8.53. The zero-order valence-electron chi connectivity index (χ0n) is 15.0. The number of benzene rings is 2. The molecule has 0 aliphatic heterocycles. The minimum atomic E-state index is -0.549. The molecule has 0 fully saturated rings. The van der Waals surface area contributed by atoms with Crippen molar-refractivity contribution in [3.05, 3.63) is 71.0 Å². The lowest BCUT2D eigenvalue weighted by Crippen LogP contribution is -2.44. The number of amides is 3. The Morgan fingerprint density at radius 2 is 1.81 bits per heavy atom. The van der Waals surface area contributed by atoms with E-state index in [9.17, 15) is 14.0 Å².